The fraction of sp³-hybridized carbons (Fsp3) is 0.417. The highest BCUT2D eigenvalue weighted by atomic mass is 127. The Morgan fingerprint density at radius 2 is 1.94 bits per heavy atom. The minimum absolute atomic E-state index is 0.182. The number of likely N-dealkylation sites (N-methyl/N-ethyl adjacent to an activating group) is 1. The van der Waals surface area contributed by atoms with E-state index in [1.807, 2.05) is 29.6 Å². The average Bonchev–Trinajstić information content (AvgIpc) is 2.33. The van der Waals surface area contributed by atoms with E-state index in [2.05, 4.69) is 4.90 Å². The van der Waals surface area contributed by atoms with Crippen molar-refractivity contribution in [1.29, 1.82) is 0 Å². The van der Waals surface area contributed by atoms with Crippen LogP contribution in [0, 0.1) is 9.39 Å². The van der Waals surface area contributed by atoms with Crippen molar-refractivity contribution in [2.45, 2.75) is 0 Å². The summed E-state index contributed by atoms with van der Waals surface area (Å²) in [5.41, 5.74) is 0.182. The molecule has 1 fully saturated rings. The van der Waals surface area contributed by atoms with Crippen LogP contribution in [0.3, 0.4) is 0 Å². The Labute approximate surface area is 114 Å². The van der Waals surface area contributed by atoms with Gasteiger partial charge in [-0.25, -0.2) is 4.39 Å². The number of rotatable bonds is 1. The van der Waals surface area contributed by atoms with Crippen molar-refractivity contribution >= 4 is 28.5 Å². The molecular weight excluding hydrogens is 334 g/mol. The lowest BCUT2D eigenvalue weighted by Gasteiger charge is -2.32. The summed E-state index contributed by atoms with van der Waals surface area (Å²) in [5, 5.41) is 0. The average molecular weight is 348 g/mol. The molecule has 0 spiro atoms. The molecule has 1 aromatic carbocycles. The molecule has 5 heteroatoms. The Bertz CT molecular complexity index is 431. The Morgan fingerprint density at radius 1 is 1.29 bits per heavy atom. The van der Waals surface area contributed by atoms with E-state index in [-0.39, 0.29) is 11.5 Å². The molecule has 0 N–H and O–H groups in total. The highest BCUT2D eigenvalue weighted by Gasteiger charge is 2.23. The molecule has 2 rings (SSSR count). The first-order valence-corrected chi connectivity index (χ1v) is 6.59. The predicted molar refractivity (Wildman–Crippen MR) is 72.5 cm³/mol. The van der Waals surface area contributed by atoms with Crippen molar-refractivity contribution in [1.82, 2.24) is 9.80 Å². The van der Waals surface area contributed by atoms with Gasteiger partial charge in [0.05, 0.1) is 5.56 Å². The molecule has 0 saturated carbocycles. The topological polar surface area (TPSA) is 23.6 Å². The van der Waals surface area contributed by atoms with E-state index in [0.29, 0.717) is 16.7 Å². The minimum Gasteiger partial charge on any atom is -0.336 e. The second kappa shape index (κ2) is 5.30. The molecule has 0 bridgehead atoms. The van der Waals surface area contributed by atoms with Crippen LogP contribution in [0.15, 0.2) is 18.2 Å². The Hall–Kier alpha value is -0.690. The molecule has 0 unspecified atom stereocenters. The molecule has 1 saturated heterocycles. The standard InChI is InChI=1S/C12H14FIN2O/c1-15-5-7-16(8-6-15)12(17)9-3-2-4-10(14)11(9)13/h2-4H,5-8H2,1H3. The minimum atomic E-state index is -0.406. The second-order valence-electron chi connectivity index (χ2n) is 4.20. The van der Waals surface area contributed by atoms with Crippen LogP contribution in [0.5, 0.6) is 0 Å². The normalized spacial score (nSPS) is 17.2. The van der Waals surface area contributed by atoms with Crippen molar-refractivity contribution < 1.29 is 9.18 Å². The summed E-state index contributed by atoms with van der Waals surface area (Å²) in [6, 6.07) is 4.93. The molecular formula is C12H14FIN2O. The van der Waals surface area contributed by atoms with E-state index in [9.17, 15) is 9.18 Å². The van der Waals surface area contributed by atoms with E-state index >= 15 is 0 Å². The molecule has 1 aliphatic rings. The first-order valence-electron chi connectivity index (χ1n) is 5.51. The number of hydrogen-bond acceptors (Lipinski definition) is 2. The van der Waals surface area contributed by atoms with E-state index in [1.54, 1.807) is 23.1 Å². The largest absolute Gasteiger partial charge is 0.336 e. The van der Waals surface area contributed by atoms with Gasteiger partial charge in [-0.3, -0.25) is 4.79 Å². The number of amides is 1. The predicted octanol–water partition coefficient (Wildman–Crippen LogP) is 1.82. The number of halogens is 2. The smallest absolute Gasteiger partial charge is 0.256 e. The van der Waals surface area contributed by atoms with Crippen molar-refractivity contribution in [2.24, 2.45) is 0 Å². The molecule has 1 aromatic rings. The zero-order valence-electron chi connectivity index (χ0n) is 9.62. The molecule has 3 nitrogen and oxygen atoms in total. The number of nitrogens with zero attached hydrogens (tertiary/aromatic N) is 2. The Morgan fingerprint density at radius 3 is 2.59 bits per heavy atom. The van der Waals surface area contributed by atoms with Crippen molar-refractivity contribution in [3.8, 4) is 0 Å². The summed E-state index contributed by atoms with van der Waals surface area (Å²) in [6.07, 6.45) is 0. The molecule has 0 atom stereocenters. The van der Waals surface area contributed by atoms with Crippen molar-refractivity contribution in [2.75, 3.05) is 33.2 Å². The summed E-state index contributed by atoms with van der Waals surface area (Å²) >= 11 is 1.90. The molecule has 92 valence electrons. The number of hydrogen-bond donors (Lipinski definition) is 0. The number of carbonyl (C=O) groups is 1. The van der Waals surface area contributed by atoms with Crippen LogP contribution in [0.4, 0.5) is 4.39 Å². The molecule has 0 aromatic heterocycles. The van der Waals surface area contributed by atoms with Gasteiger partial charge >= 0.3 is 0 Å². The van der Waals surface area contributed by atoms with Crippen molar-refractivity contribution in [3.05, 3.63) is 33.1 Å². The number of benzene rings is 1. The molecule has 1 aliphatic heterocycles. The molecule has 17 heavy (non-hydrogen) atoms. The summed E-state index contributed by atoms with van der Waals surface area (Å²) in [5.74, 6) is -0.605. The molecule has 0 radical (unpaired) electrons. The Balaban J connectivity index is 2.17. The number of carbonyl (C=O) groups excluding carboxylic acids is 1. The fourth-order valence-corrected chi connectivity index (χ4v) is 2.35. The van der Waals surface area contributed by atoms with Gasteiger partial charge in [0.15, 0.2) is 0 Å². The van der Waals surface area contributed by atoms with Crippen LogP contribution < -0.4 is 0 Å². The van der Waals surface area contributed by atoms with E-state index in [1.165, 1.54) is 0 Å². The van der Waals surface area contributed by atoms with Crippen LogP contribution in [-0.2, 0) is 0 Å². The Kier molecular flexibility index (Phi) is 3.98. The third kappa shape index (κ3) is 2.77. The van der Waals surface area contributed by atoms with Gasteiger partial charge in [-0.05, 0) is 41.8 Å². The number of piperazine rings is 1. The zero-order chi connectivity index (χ0) is 12.4. The fourth-order valence-electron chi connectivity index (χ4n) is 1.85. The lowest BCUT2D eigenvalue weighted by Crippen LogP contribution is -2.47. The maximum absolute atomic E-state index is 13.8. The summed E-state index contributed by atoms with van der Waals surface area (Å²) in [7, 11) is 2.02. The summed E-state index contributed by atoms with van der Waals surface area (Å²) < 4.78 is 14.3. The van der Waals surface area contributed by atoms with Crippen LogP contribution in [0.2, 0.25) is 0 Å². The molecule has 1 heterocycles. The van der Waals surface area contributed by atoms with Gasteiger partial charge in [0.2, 0.25) is 0 Å². The maximum atomic E-state index is 13.8. The van der Waals surface area contributed by atoms with Gasteiger partial charge in [0.25, 0.3) is 5.91 Å². The van der Waals surface area contributed by atoms with Crippen LogP contribution in [0.25, 0.3) is 0 Å². The van der Waals surface area contributed by atoms with E-state index in [4.69, 9.17) is 0 Å². The third-order valence-electron chi connectivity index (χ3n) is 2.97. The van der Waals surface area contributed by atoms with Crippen LogP contribution >= 0.6 is 22.6 Å². The second-order valence-corrected chi connectivity index (χ2v) is 5.36. The first kappa shape index (κ1) is 12.8. The highest BCUT2D eigenvalue weighted by Crippen LogP contribution is 2.17. The summed E-state index contributed by atoms with van der Waals surface area (Å²) in [6.45, 7) is 3.02. The molecule has 0 aliphatic carbocycles. The van der Waals surface area contributed by atoms with Crippen molar-refractivity contribution in [3.63, 3.8) is 0 Å². The molecule has 1 amide bonds. The van der Waals surface area contributed by atoms with Crippen LogP contribution in [0.1, 0.15) is 10.4 Å². The van der Waals surface area contributed by atoms with Crippen LogP contribution in [-0.4, -0.2) is 48.9 Å². The van der Waals surface area contributed by atoms with Gasteiger partial charge in [-0.1, -0.05) is 6.07 Å². The monoisotopic (exact) mass is 348 g/mol. The SMILES string of the molecule is CN1CCN(C(=O)c2cccc(I)c2F)CC1. The lowest BCUT2D eigenvalue weighted by molar-refractivity contribution is 0.0659. The maximum Gasteiger partial charge on any atom is 0.256 e. The van der Waals surface area contributed by atoms with E-state index < -0.39 is 5.82 Å². The van der Waals surface area contributed by atoms with Gasteiger partial charge in [0.1, 0.15) is 5.82 Å². The van der Waals surface area contributed by atoms with Gasteiger partial charge < -0.3 is 9.80 Å². The summed E-state index contributed by atoms with van der Waals surface area (Å²) in [4.78, 5) is 16.0. The quantitative estimate of drug-likeness (QED) is 0.723. The van der Waals surface area contributed by atoms with Gasteiger partial charge in [-0.15, -0.1) is 0 Å². The lowest BCUT2D eigenvalue weighted by atomic mass is 10.1. The third-order valence-corrected chi connectivity index (χ3v) is 3.81. The first-order chi connectivity index (χ1) is 8.09. The van der Waals surface area contributed by atoms with Gasteiger partial charge in [-0.2, -0.15) is 0 Å². The zero-order valence-corrected chi connectivity index (χ0v) is 11.8. The van der Waals surface area contributed by atoms with Gasteiger partial charge in [0, 0.05) is 29.7 Å². The highest BCUT2D eigenvalue weighted by molar-refractivity contribution is 14.1. The van der Waals surface area contributed by atoms with E-state index in [0.717, 1.165) is 13.1 Å².